The number of benzene rings is 1. The SMILES string of the molecule is C#CCCCOc1ccc(Br)c(CNCC(C)C)c1. The average molecular weight is 324 g/mol. The maximum absolute atomic E-state index is 5.69. The zero-order valence-electron chi connectivity index (χ0n) is 11.7. The molecule has 0 fully saturated rings. The van der Waals surface area contributed by atoms with Gasteiger partial charge in [-0.25, -0.2) is 0 Å². The van der Waals surface area contributed by atoms with Crippen molar-refractivity contribution in [3.05, 3.63) is 28.2 Å². The molecule has 0 spiro atoms. The zero-order chi connectivity index (χ0) is 14.1. The van der Waals surface area contributed by atoms with E-state index in [2.05, 4.69) is 47.1 Å². The third-order valence-electron chi connectivity index (χ3n) is 2.62. The molecule has 1 aromatic rings. The molecule has 0 amide bonds. The molecule has 0 aliphatic carbocycles. The minimum absolute atomic E-state index is 0.655. The van der Waals surface area contributed by atoms with Gasteiger partial charge in [0.25, 0.3) is 0 Å². The highest BCUT2D eigenvalue weighted by atomic mass is 79.9. The summed E-state index contributed by atoms with van der Waals surface area (Å²) in [6, 6.07) is 6.09. The van der Waals surface area contributed by atoms with Crippen LogP contribution in [0.4, 0.5) is 0 Å². The van der Waals surface area contributed by atoms with Crippen LogP contribution in [0.25, 0.3) is 0 Å². The highest BCUT2D eigenvalue weighted by molar-refractivity contribution is 9.10. The second kappa shape index (κ2) is 9.01. The van der Waals surface area contributed by atoms with Gasteiger partial charge in [-0.1, -0.05) is 29.8 Å². The molecule has 0 saturated heterocycles. The summed E-state index contributed by atoms with van der Waals surface area (Å²) < 4.78 is 6.80. The second-order valence-corrected chi connectivity index (χ2v) is 5.79. The molecule has 1 rings (SSSR count). The van der Waals surface area contributed by atoms with Crippen molar-refractivity contribution in [3.8, 4) is 18.1 Å². The van der Waals surface area contributed by atoms with E-state index in [0.717, 1.165) is 36.2 Å². The van der Waals surface area contributed by atoms with E-state index < -0.39 is 0 Å². The number of ether oxygens (including phenoxy) is 1. The Hall–Kier alpha value is -0.980. The average Bonchev–Trinajstić information content (AvgIpc) is 2.37. The summed E-state index contributed by atoms with van der Waals surface area (Å²) in [6.45, 7) is 6.94. The van der Waals surface area contributed by atoms with Crippen LogP contribution in [0.15, 0.2) is 22.7 Å². The molecule has 0 aromatic heterocycles. The first kappa shape index (κ1) is 16.1. The topological polar surface area (TPSA) is 21.3 Å². The summed E-state index contributed by atoms with van der Waals surface area (Å²) in [4.78, 5) is 0. The Kier molecular flexibility index (Phi) is 7.62. The monoisotopic (exact) mass is 323 g/mol. The summed E-state index contributed by atoms with van der Waals surface area (Å²) >= 11 is 3.57. The Bertz CT molecular complexity index is 423. The summed E-state index contributed by atoms with van der Waals surface area (Å²) in [5.74, 6) is 4.17. The molecule has 0 heterocycles. The van der Waals surface area contributed by atoms with Gasteiger partial charge in [-0.2, -0.15) is 0 Å². The summed E-state index contributed by atoms with van der Waals surface area (Å²) in [7, 11) is 0. The van der Waals surface area contributed by atoms with Crippen LogP contribution >= 0.6 is 15.9 Å². The molecular formula is C16H22BrNO. The fourth-order valence-corrected chi connectivity index (χ4v) is 2.02. The van der Waals surface area contributed by atoms with Gasteiger partial charge in [-0.15, -0.1) is 12.3 Å². The van der Waals surface area contributed by atoms with Crippen molar-refractivity contribution in [1.29, 1.82) is 0 Å². The molecule has 0 aliphatic heterocycles. The van der Waals surface area contributed by atoms with Gasteiger partial charge in [0.2, 0.25) is 0 Å². The largest absolute Gasteiger partial charge is 0.494 e. The normalized spacial score (nSPS) is 10.5. The van der Waals surface area contributed by atoms with Crippen LogP contribution < -0.4 is 10.1 Å². The quantitative estimate of drug-likeness (QED) is 0.577. The maximum Gasteiger partial charge on any atom is 0.119 e. The van der Waals surface area contributed by atoms with Gasteiger partial charge in [0.05, 0.1) is 6.61 Å². The van der Waals surface area contributed by atoms with Crippen LogP contribution in [0.5, 0.6) is 5.75 Å². The van der Waals surface area contributed by atoms with Gasteiger partial charge in [0.1, 0.15) is 5.75 Å². The van der Waals surface area contributed by atoms with E-state index in [9.17, 15) is 0 Å². The van der Waals surface area contributed by atoms with Crippen LogP contribution in [-0.4, -0.2) is 13.2 Å². The lowest BCUT2D eigenvalue weighted by Gasteiger charge is -2.11. The van der Waals surface area contributed by atoms with Crippen LogP contribution in [-0.2, 0) is 6.54 Å². The number of unbranched alkanes of at least 4 members (excludes halogenated alkanes) is 1. The van der Waals surface area contributed by atoms with Crippen LogP contribution in [0.3, 0.4) is 0 Å². The standard InChI is InChI=1S/C16H22BrNO/c1-4-5-6-9-19-15-7-8-16(17)14(10-15)12-18-11-13(2)3/h1,7-8,10,13,18H,5-6,9,11-12H2,2-3H3. The van der Waals surface area contributed by atoms with E-state index in [1.54, 1.807) is 0 Å². The van der Waals surface area contributed by atoms with Crippen molar-refractivity contribution in [2.45, 2.75) is 33.2 Å². The molecule has 0 atom stereocenters. The number of terminal acetylenes is 1. The van der Waals surface area contributed by atoms with Crippen molar-refractivity contribution < 1.29 is 4.74 Å². The summed E-state index contributed by atoms with van der Waals surface area (Å²) in [6.07, 6.45) is 6.87. The van der Waals surface area contributed by atoms with Crippen molar-refractivity contribution >= 4 is 15.9 Å². The van der Waals surface area contributed by atoms with E-state index >= 15 is 0 Å². The lowest BCUT2D eigenvalue weighted by molar-refractivity contribution is 0.312. The summed E-state index contributed by atoms with van der Waals surface area (Å²) in [5.41, 5.74) is 1.22. The third-order valence-corrected chi connectivity index (χ3v) is 3.39. The lowest BCUT2D eigenvalue weighted by atomic mass is 10.2. The predicted octanol–water partition coefficient (Wildman–Crippen LogP) is 3.99. The molecule has 0 unspecified atom stereocenters. The zero-order valence-corrected chi connectivity index (χ0v) is 13.3. The fraction of sp³-hybridized carbons (Fsp3) is 0.500. The van der Waals surface area contributed by atoms with Crippen molar-refractivity contribution in [2.24, 2.45) is 5.92 Å². The van der Waals surface area contributed by atoms with Crippen LogP contribution in [0.2, 0.25) is 0 Å². The Morgan fingerprint density at radius 3 is 2.89 bits per heavy atom. The first-order chi connectivity index (χ1) is 9.13. The molecule has 0 aliphatic rings. The summed E-state index contributed by atoms with van der Waals surface area (Å²) in [5, 5.41) is 3.43. The van der Waals surface area contributed by atoms with Gasteiger partial charge in [0.15, 0.2) is 0 Å². The van der Waals surface area contributed by atoms with E-state index in [0.29, 0.717) is 12.5 Å². The van der Waals surface area contributed by atoms with Gasteiger partial charge in [-0.05, 0) is 42.6 Å². The minimum Gasteiger partial charge on any atom is -0.494 e. The van der Waals surface area contributed by atoms with Crippen molar-refractivity contribution in [1.82, 2.24) is 5.32 Å². The van der Waals surface area contributed by atoms with E-state index in [1.165, 1.54) is 5.56 Å². The molecule has 0 saturated carbocycles. The minimum atomic E-state index is 0.655. The molecule has 104 valence electrons. The van der Waals surface area contributed by atoms with Crippen molar-refractivity contribution in [2.75, 3.05) is 13.2 Å². The number of nitrogens with one attached hydrogen (secondary N) is 1. The Balaban J connectivity index is 2.49. The highest BCUT2D eigenvalue weighted by Gasteiger charge is 2.03. The lowest BCUT2D eigenvalue weighted by Crippen LogP contribution is -2.19. The van der Waals surface area contributed by atoms with Gasteiger partial charge >= 0.3 is 0 Å². The van der Waals surface area contributed by atoms with E-state index in [4.69, 9.17) is 11.2 Å². The molecule has 0 radical (unpaired) electrons. The Morgan fingerprint density at radius 2 is 2.21 bits per heavy atom. The molecule has 0 bridgehead atoms. The van der Waals surface area contributed by atoms with E-state index in [-0.39, 0.29) is 0 Å². The molecule has 3 heteroatoms. The van der Waals surface area contributed by atoms with Crippen molar-refractivity contribution in [3.63, 3.8) is 0 Å². The first-order valence-electron chi connectivity index (χ1n) is 6.69. The van der Waals surface area contributed by atoms with Gasteiger partial charge in [-0.3, -0.25) is 0 Å². The van der Waals surface area contributed by atoms with Gasteiger partial charge < -0.3 is 10.1 Å². The Labute approximate surface area is 125 Å². The predicted molar refractivity (Wildman–Crippen MR) is 84.2 cm³/mol. The Morgan fingerprint density at radius 1 is 1.42 bits per heavy atom. The number of rotatable bonds is 8. The van der Waals surface area contributed by atoms with Crippen LogP contribution in [0.1, 0.15) is 32.3 Å². The number of hydrogen-bond acceptors (Lipinski definition) is 2. The molecule has 1 N–H and O–H groups in total. The van der Waals surface area contributed by atoms with E-state index in [1.807, 2.05) is 12.1 Å². The number of hydrogen-bond donors (Lipinski definition) is 1. The smallest absolute Gasteiger partial charge is 0.119 e. The third kappa shape index (κ3) is 6.66. The molecule has 19 heavy (non-hydrogen) atoms. The van der Waals surface area contributed by atoms with Crippen LogP contribution in [0, 0.1) is 18.3 Å². The second-order valence-electron chi connectivity index (χ2n) is 4.93. The highest BCUT2D eigenvalue weighted by Crippen LogP contribution is 2.22. The first-order valence-corrected chi connectivity index (χ1v) is 7.48. The molecular weight excluding hydrogens is 302 g/mol. The number of halogens is 1. The maximum atomic E-state index is 5.69. The molecule has 2 nitrogen and oxygen atoms in total. The fourth-order valence-electron chi connectivity index (χ4n) is 1.64. The van der Waals surface area contributed by atoms with Gasteiger partial charge in [0, 0.05) is 17.4 Å². The molecule has 1 aromatic carbocycles.